The molecule has 0 aromatic carbocycles. The topological polar surface area (TPSA) is 72.0 Å². The molecule has 1 N–H and O–H groups in total. The van der Waals surface area contributed by atoms with Gasteiger partial charge in [0, 0.05) is 0 Å². The Hall–Kier alpha value is -1.55. The van der Waals surface area contributed by atoms with E-state index in [1.807, 2.05) is 26.0 Å². The summed E-state index contributed by atoms with van der Waals surface area (Å²) < 4.78 is 0. The Balaban J connectivity index is 2.95. The number of hydrogen-bond acceptors (Lipinski definition) is 4. The fourth-order valence-corrected chi connectivity index (χ4v) is 0.987. The minimum absolute atomic E-state index is 0.275. The van der Waals surface area contributed by atoms with Crippen LogP contribution in [-0.2, 0) is 0 Å². The summed E-state index contributed by atoms with van der Waals surface area (Å²) in [4.78, 5) is 0. The van der Waals surface area contributed by atoms with Gasteiger partial charge in [-0.05, 0) is 13.8 Å². The highest BCUT2D eigenvalue weighted by molar-refractivity contribution is 6.03. The molecule has 0 amide bonds. The summed E-state index contributed by atoms with van der Waals surface area (Å²) in [7, 11) is 0. The van der Waals surface area contributed by atoms with E-state index in [1.54, 1.807) is 0 Å². The number of nitrogens with zero attached hydrogens (tertiary/aromatic N) is 3. The van der Waals surface area contributed by atoms with E-state index in [-0.39, 0.29) is 5.71 Å². The smallest absolute Gasteiger partial charge is 0.157 e. The Kier molecular flexibility index (Phi) is 1.54. The third-order valence-corrected chi connectivity index (χ3v) is 1.70. The van der Waals surface area contributed by atoms with Gasteiger partial charge in [0.25, 0.3) is 0 Å². The molecular formula is C7H8N4. The normalized spacial score (nSPS) is 26.2. The maximum absolute atomic E-state index is 8.68. The first-order valence-electron chi connectivity index (χ1n) is 3.26. The Morgan fingerprint density at radius 3 is 2.55 bits per heavy atom. The summed E-state index contributed by atoms with van der Waals surface area (Å²) in [5, 5.41) is 21.0. The second-order valence-electron chi connectivity index (χ2n) is 3.00. The largest absolute Gasteiger partial charge is 0.302 e. The van der Waals surface area contributed by atoms with Gasteiger partial charge in [0.05, 0.1) is 11.6 Å². The molecule has 1 aliphatic heterocycles. The van der Waals surface area contributed by atoms with Crippen molar-refractivity contribution < 1.29 is 0 Å². The third kappa shape index (κ3) is 1.03. The molecule has 1 rings (SSSR count). The Labute approximate surface area is 65.1 Å². The molecular weight excluding hydrogens is 140 g/mol. The van der Waals surface area contributed by atoms with Crippen LogP contribution in [0.15, 0.2) is 5.10 Å². The van der Waals surface area contributed by atoms with E-state index in [1.165, 1.54) is 0 Å². The number of hydrogen-bond donors (Lipinski definition) is 1. The molecule has 1 unspecified atom stereocenters. The zero-order chi connectivity index (χ0) is 8.48. The molecule has 0 saturated carbocycles. The van der Waals surface area contributed by atoms with E-state index in [2.05, 4.69) is 10.5 Å². The van der Waals surface area contributed by atoms with E-state index in [0.717, 1.165) is 0 Å². The van der Waals surface area contributed by atoms with E-state index >= 15 is 0 Å². The molecule has 0 fully saturated rings. The summed E-state index contributed by atoms with van der Waals surface area (Å²) in [6.07, 6.45) is 0. The number of nitrogens with one attached hydrogen (secondary N) is 1. The fraction of sp³-hybridized carbons (Fsp3) is 0.571. The summed E-state index contributed by atoms with van der Waals surface area (Å²) in [5.74, 6) is -0.424. The average Bonchev–Trinajstić information content (AvgIpc) is 2.24. The van der Waals surface area contributed by atoms with Crippen LogP contribution in [0, 0.1) is 28.6 Å². The second kappa shape index (κ2) is 2.25. The lowest BCUT2D eigenvalue weighted by Crippen LogP contribution is -2.39. The van der Waals surface area contributed by atoms with Crippen molar-refractivity contribution in [3.05, 3.63) is 0 Å². The molecule has 1 atom stereocenters. The number of nitriles is 2. The summed E-state index contributed by atoms with van der Waals surface area (Å²) >= 11 is 0. The van der Waals surface area contributed by atoms with Crippen molar-refractivity contribution in [2.75, 3.05) is 0 Å². The van der Waals surface area contributed by atoms with Crippen molar-refractivity contribution in [1.29, 1.82) is 10.5 Å². The Bertz CT molecular complexity index is 276. The molecule has 0 aromatic rings. The van der Waals surface area contributed by atoms with Crippen molar-refractivity contribution in [3.63, 3.8) is 0 Å². The molecule has 11 heavy (non-hydrogen) atoms. The van der Waals surface area contributed by atoms with Crippen LogP contribution in [0.5, 0.6) is 0 Å². The van der Waals surface area contributed by atoms with Gasteiger partial charge >= 0.3 is 0 Å². The van der Waals surface area contributed by atoms with Gasteiger partial charge in [-0.3, -0.25) is 0 Å². The minimum atomic E-state index is -0.424. The summed E-state index contributed by atoms with van der Waals surface area (Å²) in [5.41, 5.74) is 2.61. The zero-order valence-electron chi connectivity index (χ0n) is 6.42. The Morgan fingerprint density at radius 1 is 1.55 bits per heavy atom. The lowest BCUT2D eigenvalue weighted by Gasteiger charge is -2.19. The van der Waals surface area contributed by atoms with Gasteiger partial charge in [0.2, 0.25) is 0 Å². The molecule has 4 heteroatoms. The van der Waals surface area contributed by atoms with Crippen molar-refractivity contribution in [2.24, 2.45) is 11.0 Å². The van der Waals surface area contributed by atoms with Gasteiger partial charge < -0.3 is 5.43 Å². The SMILES string of the molecule is CC1(C)NN=C(C#N)C1C#N. The molecule has 0 spiro atoms. The van der Waals surface area contributed by atoms with Crippen LogP contribution in [0.25, 0.3) is 0 Å². The first-order valence-corrected chi connectivity index (χ1v) is 3.26. The first kappa shape index (κ1) is 7.56. The predicted molar refractivity (Wildman–Crippen MR) is 39.4 cm³/mol. The van der Waals surface area contributed by atoms with Crippen molar-refractivity contribution in [2.45, 2.75) is 19.4 Å². The van der Waals surface area contributed by atoms with Crippen LogP contribution in [-0.4, -0.2) is 11.3 Å². The lowest BCUT2D eigenvalue weighted by atomic mass is 9.87. The van der Waals surface area contributed by atoms with E-state index < -0.39 is 11.5 Å². The van der Waals surface area contributed by atoms with E-state index in [0.29, 0.717) is 0 Å². The quantitative estimate of drug-likeness (QED) is 0.540. The summed E-state index contributed by atoms with van der Waals surface area (Å²) in [6.45, 7) is 3.68. The lowest BCUT2D eigenvalue weighted by molar-refractivity contribution is 0.398. The van der Waals surface area contributed by atoms with Gasteiger partial charge in [-0.1, -0.05) is 0 Å². The average molecular weight is 148 g/mol. The number of hydrazone groups is 1. The van der Waals surface area contributed by atoms with Crippen molar-refractivity contribution >= 4 is 5.71 Å². The molecule has 1 heterocycles. The molecule has 0 bridgehead atoms. The molecule has 0 aliphatic carbocycles. The molecule has 0 aromatic heterocycles. The predicted octanol–water partition coefficient (Wildman–Crippen LogP) is 0.388. The molecule has 1 aliphatic rings. The van der Waals surface area contributed by atoms with Crippen LogP contribution in [0.2, 0.25) is 0 Å². The summed E-state index contributed by atoms with van der Waals surface area (Å²) in [6, 6.07) is 3.92. The van der Waals surface area contributed by atoms with E-state index in [9.17, 15) is 0 Å². The molecule has 4 nitrogen and oxygen atoms in total. The van der Waals surface area contributed by atoms with Gasteiger partial charge in [-0.2, -0.15) is 15.6 Å². The fourth-order valence-electron chi connectivity index (χ4n) is 0.987. The third-order valence-electron chi connectivity index (χ3n) is 1.70. The van der Waals surface area contributed by atoms with E-state index in [4.69, 9.17) is 10.5 Å². The van der Waals surface area contributed by atoms with Crippen molar-refractivity contribution in [1.82, 2.24) is 5.43 Å². The minimum Gasteiger partial charge on any atom is -0.302 e. The maximum Gasteiger partial charge on any atom is 0.157 e. The maximum atomic E-state index is 8.68. The van der Waals surface area contributed by atoms with Crippen LogP contribution in [0.4, 0.5) is 0 Å². The van der Waals surface area contributed by atoms with Gasteiger partial charge in [0.15, 0.2) is 5.71 Å². The van der Waals surface area contributed by atoms with Crippen LogP contribution >= 0.6 is 0 Å². The van der Waals surface area contributed by atoms with Crippen LogP contribution in [0.1, 0.15) is 13.8 Å². The second-order valence-corrected chi connectivity index (χ2v) is 3.00. The first-order chi connectivity index (χ1) is 5.11. The van der Waals surface area contributed by atoms with Gasteiger partial charge in [-0.15, -0.1) is 0 Å². The van der Waals surface area contributed by atoms with Crippen molar-refractivity contribution in [3.8, 4) is 12.1 Å². The van der Waals surface area contributed by atoms with Gasteiger partial charge in [0.1, 0.15) is 12.0 Å². The monoisotopic (exact) mass is 148 g/mol. The highest BCUT2D eigenvalue weighted by Gasteiger charge is 2.38. The highest BCUT2D eigenvalue weighted by atomic mass is 15.4. The standard InChI is InChI=1S/C7H8N4/c1-7(2)5(3-8)6(4-9)10-11-7/h5,11H,1-2H3. The molecule has 56 valence electrons. The van der Waals surface area contributed by atoms with Crippen LogP contribution < -0.4 is 5.43 Å². The molecule has 0 saturated heterocycles. The zero-order valence-corrected chi connectivity index (χ0v) is 6.42. The molecule has 0 radical (unpaired) electrons. The highest BCUT2D eigenvalue weighted by Crippen LogP contribution is 2.22. The van der Waals surface area contributed by atoms with Gasteiger partial charge in [-0.25, -0.2) is 0 Å². The number of rotatable bonds is 0. The van der Waals surface area contributed by atoms with Crippen LogP contribution in [0.3, 0.4) is 0 Å². The Morgan fingerprint density at radius 2 is 2.18 bits per heavy atom.